The predicted molar refractivity (Wildman–Crippen MR) is 115 cm³/mol. The lowest BCUT2D eigenvalue weighted by Crippen LogP contribution is -2.24. The third-order valence-corrected chi connectivity index (χ3v) is 4.62. The normalized spacial score (nSPS) is 12.3. The van der Waals surface area contributed by atoms with Crippen LogP contribution < -0.4 is 14.8 Å². The molecule has 0 bridgehead atoms. The van der Waals surface area contributed by atoms with E-state index in [1.54, 1.807) is 6.08 Å². The van der Waals surface area contributed by atoms with Crippen LogP contribution >= 0.6 is 11.6 Å². The molecule has 0 fully saturated rings. The second-order valence-electron chi connectivity index (χ2n) is 6.35. The molecule has 0 spiro atoms. The fourth-order valence-electron chi connectivity index (χ4n) is 2.97. The average Bonchev–Trinajstić information content (AvgIpc) is 3.03. The maximum absolute atomic E-state index is 12.4. The molecule has 152 valence electrons. The van der Waals surface area contributed by atoms with Gasteiger partial charge in [0, 0.05) is 12.3 Å². The number of rotatable bonds is 8. The lowest BCUT2D eigenvalue weighted by Gasteiger charge is -2.17. The van der Waals surface area contributed by atoms with Crippen LogP contribution in [0.25, 0.3) is 11.7 Å². The fraction of sp³-hybridized carbons (Fsp3) is 0.273. The Bertz CT molecular complexity index is 1030. The third kappa shape index (κ3) is 4.90. The minimum atomic E-state index is -0.230. The Kier molecular flexibility index (Phi) is 6.77. The van der Waals surface area contributed by atoms with E-state index >= 15 is 0 Å². The highest BCUT2D eigenvalue weighted by atomic mass is 35.5. The van der Waals surface area contributed by atoms with E-state index in [9.17, 15) is 4.79 Å². The summed E-state index contributed by atoms with van der Waals surface area (Å²) in [5.74, 6) is 1.13. The van der Waals surface area contributed by atoms with Crippen LogP contribution in [0.5, 0.6) is 11.5 Å². The van der Waals surface area contributed by atoms with Gasteiger partial charge < -0.3 is 14.8 Å². The van der Waals surface area contributed by atoms with E-state index in [2.05, 4.69) is 10.3 Å². The first-order valence-electron chi connectivity index (χ1n) is 9.54. The maximum Gasteiger partial charge on any atom is 0.244 e. The molecule has 6 nitrogen and oxygen atoms in total. The third-order valence-electron chi connectivity index (χ3n) is 4.34. The van der Waals surface area contributed by atoms with Gasteiger partial charge >= 0.3 is 0 Å². The molecule has 1 amide bonds. The predicted octanol–water partition coefficient (Wildman–Crippen LogP) is 4.68. The second kappa shape index (κ2) is 9.47. The first-order valence-corrected chi connectivity index (χ1v) is 9.92. The Hall–Kier alpha value is -2.99. The molecule has 2 aromatic heterocycles. The Labute approximate surface area is 175 Å². The van der Waals surface area contributed by atoms with Gasteiger partial charge in [-0.25, -0.2) is 4.98 Å². The van der Waals surface area contributed by atoms with Crippen molar-refractivity contribution in [3.8, 4) is 11.5 Å². The van der Waals surface area contributed by atoms with Gasteiger partial charge in [-0.05, 0) is 56.7 Å². The van der Waals surface area contributed by atoms with Crippen molar-refractivity contribution >= 4 is 29.2 Å². The van der Waals surface area contributed by atoms with Gasteiger partial charge in [0.25, 0.3) is 0 Å². The molecule has 1 unspecified atom stereocenters. The number of nitrogens with zero attached hydrogens (tertiary/aromatic N) is 2. The molecular weight excluding hydrogens is 390 g/mol. The number of carbonyl (C=O) groups excluding carboxylic acids is 1. The van der Waals surface area contributed by atoms with Crippen LogP contribution in [0.4, 0.5) is 0 Å². The van der Waals surface area contributed by atoms with Crippen molar-refractivity contribution < 1.29 is 14.3 Å². The monoisotopic (exact) mass is 413 g/mol. The van der Waals surface area contributed by atoms with E-state index in [-0.39, 0.29) is 11.9 Å². The molecule has 1 aromatic carbocycles. The summed E-state index contributed by atoms with van der Waals surface area (Å²) >= 11 is 6.20. The van der Waals surface area contributed by atoms with Gasteiger partial charge in [0.15, 0.2) is 16.7 Å². The zero-order valence-corrected chi connectivity index (χ0v) is 17.4. The number of fused-ring (bicyclic) bond motifs is 1. The van der Waals surface area contributed by atoms with E-state index in [0.29, 0.717) is 35.6 Å². The highest BCUT2D eigenvalue weighted by Gasteiger charge is 2.13. The van der Waals surface area contributed by atoms with E-state index < -0.39 is 0 Å². The Morgan fingerprint density at radius 2 is 1.97 bits per heavy atom. The highest BCUT2D eigenvalue weighted by molar-refractivity contribution is 6.31. The number of benzene rings is 1. The highest BCUT2D eigenvalue weighted by Crippen LogP contribution is 2.30. The van der Waals surface area contributed by atoms with Crippen LogP contribution in [0.15, 0.2) is 48.7 Å². The van der Waals surface area contributed by atoms with Gasteiger partial charge in [-0.15, -0.1) is 0 Å². The number of aromatic nitrogens is 2. The van der Waals surface area contributed by atoms with Crippen LogP contribution in [-0.2, 0) is 4.79 Å². The summed E-state index contributed by atoms with van der Waals surface area (Å²) in [4.78, 5) is 16.7. The van der Waals surface area contributed by atoms with Crippen LogP contribution in [0, 0.1) is 0 Å². The fourth-order valence-corrected chi connectivity index (χ4v) is 3.21. The van der Waals surface area contributed by atoms with Crippen LogP contribution in [0.1, 0.15) is 38.1 Å². The Balaban J connectivity index is 1.72. The number of carbonyl (C=O) groups is 1. The Morgan fingerprint density at radius 3 is 2.72 bits per heavy atom. The zero-order valence-electron chi connectivity index (χ0n) is 16.7. The van der Waals surface area contributed by atoms with Gasteiger partial charge in [0.05, 0.1) is 24.9 Å². The first-order chi connectivity index (χ1) is 14.0. The number of hydrogen-bond acceptors (Lipinski definition) is 4. The van der Waals surface area contributed by atoms with Gasteiger partial charge in [0.2, 0.25) is 5.91 Å². The van der Waals surface area contributed by atoms with Crippen LogP contribution in [0.2, 0.25) is 5.15 Å². The summed E-state index contributed by atoms with van der Waals surface area (Å²) in [5, 5.41) is 3.30. The quantitative estimate of drug-likeness (QED) is 0.545. The van der Waals surface area contributed by atoms with Crippen molar-refractivity contribution in [3.05, 3.63) is 65.1 Å². The summed E-state index contributed by atoms with van der Waals surface area (Å²) < 4.78 is 13.1. The van der Waals surface area contributed by atoms with Crippen molar-refractivity contribution in [3.63, 3.8) is 0 Å². The molecule has 0 saturated heterocycles. The minimum absolute atomic E-state index is 0.209. The van der Waals surface area contributed by atoms with Crippen molar-refractivity contribution in [1.82, 2.24) is 14.7 Å². The van der Waals surface area contributed by atoms with Crippen molar-refractivity contribution in [2.45, 2.75) is 26.8 Å². The largest absolute Gasteiger partial charge is 0.490 e. The smallest absolute Gasteiger partial charge is 0.244 e. The molecule has 0 aliphatic heterocycles. The molecule has 0 aliphatic carbocycles. The number of nitrogens with one attached hydrogen (secondary N) is 1. The maximum atomic E-state index is 12.4. The molecule has 2 heterocycles. The van der Waals surface area contributed by atoms with E-state index in [1.165, 1.54) is 6.08 Å². The van der Waals surface area contributed by atoms with E-state index in [0.717, 1.165) is 11.2 Å². The summed E-state index contributed by atoms with van der Waals surface area (Å²) in [6.07, 6.45) is 4.97. The van der Waals surface area contributed by atoms with Gasteiger partial charge in [-0.3, -0.25) is 9.20 Å². The molecule has 0 saturated carbocycles. The summed E-state index contributed by atoms with van der Waals surface area (Å²) in [7, 11) is 0. The topological polar surface area (TPSA) is 64.9 Å². The van der Waals surface area contributed by atoms with Crippen molar-refractivity contribution in [2.75, 3.05) is 13.2 Å². The second-order valence-corrected chi connectivity index (χ2v) is 6.71. The number of halogens is 1. The number of amides is 1. The molecule has 0 radical (unpaired) electrons. The number of hydrogen-bond donors (Lipinski definition) is 1. The molecular formula is C22H24ClN3O3. The van der Waals surface area contributed by atoms with Gasteiger partial charge in [-0.1, -0.05) is 23.7 Å². The lowest BCUT2D eigenvalue weighted by atomic mass is 10.1. The number of imidazole rings is 1. The molecule has 1 N–H and O–H groups in total. The number of pyridine rings is 1. The van der Waals surface area contributed by atoms with E-state index in [1.807, 2.05) is 67.8 Å². The molecule has 29 heavy (non-hydrogen) atoms. The molecule has 3 rings (SSSR count). The standard InChI is InChI=1S/C22H24ClN3O3/c1-4-28-18-11-9-16(14-19(18)29-5-2)15(3)24-21(27)12-10-17-22(23)25-20-8-6-7-13-26(17)20/h6-15H,4-5H2,1-3H3,(H,24,27)/b12-10+. The van der Waals surface area contributed by atoms with Crippen molar-refractivity contribution in [1.29, 1.82) is 0 Å². The molecule has 0 aliphatic rings. The summed E-state index contributed by atoms with van der Waals surface area (Å²) in [6.45, 7) is 6.85. The first kappa shape index (κ1) is 20.7. The SMILES string of the molecule is CCOc1ccc(C(C)NC(=O)/C=C/c2c(Cl)nc3ccccn23)cc1OCC. The molecule has 1 atom stereocenters. The minimum Gasteiger partial charge on any atom is -0.490 e. The van der Waals surface area contributed by atoms with Crippen LogP contribution in [-0.4, -0.2) is 28.5 Å². The zero-order chi connectivity index (χ0) is 20.8. The van der Waals surface area contributed by atoms with E-state index in [4.69, 9.17) is 21.1 Å². The Morgan fingerprint density at radius 1 is 1.21 bits per heavy atom. The molecule has 3 aromatic rings. The van der Waals surface area contributed by atoms with Gasteiger partial charge in [0.1, 0.15) is 5.65 Å². The number of ether oxygens (including phenoxy) is 2. The average molecular weight is 414 g/mol. The lowest BCUT2D eigenvalue weighted by molar-refractivity contribution is -0.117. The van der Waals surface area contributed by atoms with Crippen LogP contribution in [0.3, 0.4) is 0 Å². The summed E-state index contributed by atoms with van der Waals surface area (Å²) in [5.41, 5.74) is 2.31. The molecule has 7 heteroatoms. The van der Waals surface area contributed by atoms with Crippen molar-refractivity contribution in [2.24, 2.45) is 0 Å². The van der Waals surface area contributed by atoms with Gasteiger partial charge in [-0.2, -0.15) is 0 Å². The summed E-state index contributed by atoms with van der Waals surface area (Å²) in [6, 6.07) is 11.1.